The largest absolute Gasteiger partial charge is 0.492 e. The van der Waals surface area contributed by atoms with Crippen molar-refractivity contribution >= 4 is 11.9 Å². The van der Waals surface area contributed by atoms with Gasteiger partial charge in [0, 0.05) is 11.6 Å². The maximum Gasteiger partial charge on any atom is 0.325 e. The first kappa shape index (κ1) is 13.9. The van der Waals surface area contributed by atoms with Gasteiger partial charge in [0.2, 0.25) is 5.91 Å². The Hall–Kier alpha value is -2.04. The zero-order valence-electron chi connectivity index (χ0n) is 12.1. The van der Waals surface area contributed by atoms with E-state index in [0.717, 1.165) is 24.2 Å². The van der Waals surface area contributed by atoms with Crippen molar-refractivity contribution in [1.82, 2.24) is 4.90 Å². The Bertz CT molecular complexity index is 553. The van der Waals surface area contributed by atoms with Gasteiger partial charge in [0.1, 0.15) is 24.8 Å². The van der Waals surface area contributed by atoms with Crippen molar-refractivity contribution in [2.75, 3.05) is 19.8 Å². The van der Waals surface area contributed by atoms with Gasteiger partial charge in [-0.05, 0) is 25.8 Å². The van der Waals surface area contributed by atoms with E-state index in [2.05, 4.69) is 0 Å². The van der Waals surface area contributed by atoms with Crippen molar-refractivity contribution in [2.24, 2.45) is 0 Å². The number of hydrogen-bond donors (Lipinski definition) is 0. The number of benzene rings is 1. The van der Waals surface area contributed by atoms with Gasteiger partial charge < -0.3 is 14.4 Å². The van der Waals surface area contributed by atoms with Crippen molar-refractivity contribution in [3.63, 3.8) is 0 Å². The summed E-state index contributed by atoms with van der Waals surface area (Å²) in [6, 6.07) is 7.76. The maximum atomic E-state index is 12.8. The number of carbonyl (C=O) groups is 2. The van der Waals surface area contributed by atoms with E-state index in [-0.39, 0.29) is 30.4 Å². The fourth-order valence-corrected chi connectivity index (χ4v) is 2.69. The highest BCUT2D eigenvalue weighted by molar-refractivity contribution is 5.89. The third kappa shape index (κ3) is 2.86. The van der Waals surface area contributed by atoms with E-state index in [1.807, 2.05) is 24.3 Å². The quantitative estimate of drug-likeness (QED) is 0.774. The average molecular weight is 289 g/mol. The molecule has 112 valence electrons. The van der Waals surface area contributed by atoms with E-state index >= 15 is 0 Å². The van der Waals surface area contributed by atoms with Gasteiger partial charge in [-0.2, -0.15) is 0 Å². The van der Waals surface area contributed by atoms with Gasteiger partial charge >= 0.3 is 5.97 Å². The summed E-state index contributed by atoms with van der Waals surface area (Å²) in [6.07, 6.45) is 1.92. The molecule has 1 fully saturated rings. The Kier molecular flexibility index (Phi) is 3.82. The Morgan fingerprint density at radius 2 is 2.10 bits per heavy atom. The fraction of sp³-hybridized carbons (Fsp3) is 0.500. The summed E-state index contributed by atoms with van der Waals surface area (Å²) in [7, 11) is 0. The van der Waals surface area contributed by atoms with Crippen molar-refractivity contribution in [2.45, 2.75) is 31.7 Å². The summed E-state index contributed by atoms with van der Waals surface area (Å²) < 4.78 is 10.5. The molecule has 3 rings (SSSR count). The molecule has 0 radical (unpaired) electrons. The fourth-order valence-electron chi connectivity index (χ4n) is 2.69. The molecular formula is C16H19NO4. The van der Waals surface area contributed by atoms with Gasteiger partial charge in [-0.1, -0.05) is 18.2 Å². The lowest BCUT2D eigenvalue weighted by atomic mass is 10.00. The number of ether oxygens (including phenoxy) is 2. The van der Waals surface area contributed by atoms with Gasteiger partial charge in [0.05, 0.1) is 6.61 Å². The summed E-state index contributed by atoms with van der Waals surface area (Å²) in [5.74, 6) is 0.0828. The zero-order valence-corrected chi connectivity index (χ0v) is 12.1. The van der Waals surface area contributed by atoms with E-state index in [4.69, 9.17) is 9.47 Å². The molecule has 1 aliphatic heterocycles. The summed E-state index contributed by atoms with van der Waals surface area (Å²) in [6.45, 7) is 2.49. The van der Waals surface area contributed by atoms with Crippen LogP contribution >= 0.6 is 0 Å². The summed E-state index contributed by atoms with van der Waals surface area (Å²) in [4.78, 5) is 26.1. The summed E-state index contributed by atoms with van der Waals surface area (Å²) in [5.41, 5.74) is 0.914. The van der Waals surface area contributed by atoms with Gasteiger partial charge in [-0.15, -0.1) is 0 Å². The predicted molar refractivity (Wildman–Crippen MR) is 76.0 cm³/mol. The highest BCUT2D eigenvalue weighted by atomic mass is 16.5. The standard InChI is InChI=1S/C16H19NO4/c1-2-20-15(18)9-17(11-7-8-11)16(19)13-10-21-14-6-4-3-5-12(13)14/h3-6,11,13H,2,7-10H2,1H3. The van der Waals surface area contributed by atoms with Crippen LogP contribution in [-0.2, 0) is 14.3 Å². The minimum Gasteiger partial charge on any atom is -0.492 e. The van der Waals surface area contributed by atoms with Crippen LogP contribution < -0.4 is 4.74 Å². The Morgan fingerprint density at radius 3 is 2.81 bits per heavy atom. The molecule has 1 unspecified atom stereocenters. The number of carbonyl (C=O) groups excluding carboxylic acids is 2. The van der Waals surface area contributed by atoms with Crippen LogP contribution in [0.1, 0.15) is 31.2 Å². The molecular weight excluding hydrogens is 270 g/mol. The number of rotatable bonds is 5. The van der Waals surface area contributed by atoms with Gasteiger partial charge in [-0.3, -0.25) is 9.59 Å². The molecule has 1 atom stereocenters. The lowest BCUT2D eigenvalue weighted by Crippen LogP contribution is -2.41. The number of nitrogens with zero attached hydrogens (tertiary/aromatic N) is 1. The summed E-state index contributed by atoms with van der Waals surface area (Å²) >= 11 is 0. The van der Waals surface area contributed by atoms with Crippen LogP contribution in [0, 0.1) is 0 Å². The molecule has 2 aliphatic rings. The number of esters is 1. The normalized spacial score (nSPS) is 19.6. The minimum absolute atomic E-state index is 0.0319. The SMILES string of the molecule is CCOC(=O)CN(C(=O)C1COc2ccccc21)C1CC1. The highest BCUT2D eigenvalue weighted by Gasteiger charge is 2.40. The zero-order chi connectivity index (χ0) is 14.8. The van der Waals surface area contributed by atoms with Crippen LogP contribution in [0.25, 0.3) is 0 Å². The van der Waals surface area contributed by atoms with E-state index < -0.39 is 0 Å². The lowest BCUT2D eigenvalue weighted by molar-refractivity contribution is -0.149. The van der Waals surface area contributed by atoms with Crippen molar-refractivity contribution in [3.05, 3.63) is 29.8 Å². The maximum absolute atomic E-state index is 12.8. The van der Waals surface area contributed by atoms with E-state index in [1.54, 1.807) is 11.8 Å². The second kappa shape index (κ2) is 5.76. The molecule has 1 aromatic rings. The van der Waals surface area contributed by atoms with Crippen LogP contribution in [0.3, 0.4) is 0 Å². The molecule has 5 heteroatoms. The summed E-state index contributed by atoms with van der Waals surface area (Å²) in [5, 5.41) is 0. The number of hydrogen-bond acceptors (Lipinski definition) is 4. The van der Waals surface area contributed by atoms with Crippen LogP contribution in [0.5, 0.6) is 5.75 Å². The topological polar surface area (TPSA) is 55.8 Å². The molecule has 1 saturated carbocycles. The molecule has 1 heterocycles. The minimum atomic E-state index is -0.343. The highest BCUT2D eigenvalue weighted by Crippen LogP contribution is 2.37. The van der Waals surface area contributed by atoms with Crippen LogP contribution in [0.15, 0.2) is 24.3 Å². The predicted octanol–water partition coefficient (Wildman–Crippen LogP) is 1.72. The molecule has 1 aliphatic carbocycles. The third-order valence-electron chi connectivity index (χ3n) is 3.87. The number of amides is 1. The second-order valence-electron chi connectivity index (χ2n) is 5.40. The van der Waals surface area contributed by atoms with Gasteiger partial charge in [-0.25, -0.2) is 0 Å². The van der Waals surface area contributed by atoms with Crippen LogP contribution in [0.2, 0.25) is 0 Å². The van der Waals surface area contributed by atoms with Crippen molar-refractivity contribution < 1.29 is 19.1 Å². The Morgan fingerprint density at radius 1 is 1.33 bits per heavy atom. The molecule has 5 nitrogen and oxygen atoms in total. The molecule has 0 bridgehead atoms. The smallest absolute Gasteiger partial charge is 0.325 e. The molecule has 1 amide bonds. The first-order chi connectivity index (χ1) is 10.2. The molecule has 0 N–H and O–H groups in total. The van der Waals surface area contributed by atoms with Crippen LogP contribution in [0.4, 0.5) is 0 Å². The van der Waals surface area contributed by atoms with E-state index in [0.29, 0.717) is 13.2 Å². The van der Waals surface area contributed by atoms with Crippen molar-refractivity contribution in [3.8, 4) is 5.75 Å². The van der Waals surface area contributed by atoms with Crippen molar-refractivity contribution in [1.29, 1.82) is 0 Å². The first-order valence-electron chi connectivity index (χ1n) is 7.38. The van der Waals surface area contributed by atoms with Gasteiger partial charge in [0.15, 0.2) is 0 Å². The lowest BCUT2D eigenvalue weighted by Gasteiger charge is -2.24. The molecule has 0 aromatic heterocycles. The monoisotopic (exact) mass is 289 g/mol. The third-order valence-corrected chi connectivity index (χ3v) is 3.87. The van der Waals surface area contributed by atoms with Crippen LogP contribution in [-0.4, -0.2) is 42.6 Å². The van der Waals surface area contributed by atoms with E-state index in [1.165, 1.54) is 0 Å². The molecule has 1 aromatic carbocycles. The first-order valence-corrected chi connectivity index (χ1v) is 7.38. The molecule has 21 heavy (non-hydrogen) atoms. The second-order valence-corrected chi connectivity index (χ2v) is 5.40. The number of fused-ring (bicyclic) bond motifs is 1. The molecule has 0 spiro atoms. The number of para-hydroxylation sites is 1. The Labute approximate surface area is 123 Å². The Balaban J connectivity index is 1.75. The van der Waals surface area contributed by atoms with E-state index in [9.17, 15) is 9.59 Å². The molecule has 0 saturated heterocycles. The van der Waals surface area contributed by atoms with Gasteiger partial charge in [0.25, 0.3) is 0 Å². The average Bonchev–Trinajstić information content (AvgIpc) is 3.23.